The lowest BCUT2D eigenvalue weighted by molar-refractivity contribution is -0.115. The lowest BCUT2D eigenvalue weighted by Gasteiger charge is -2.06. The molecule has 0 spiro atoms. The molecule has 0 saturated heterocycles. The largest absolute Gasteiger partial charge is 0.477 e. The van der Waals surface area contributed by atoms with Crippen LogP contribution in [0.2, 0.25) is 5.02 Å². The first kappa shape index (κ1) is 16.0. The molecule has 0 bridgehead atoms. The van der Waals surface area contributed by atoms with Gasteiger partial charge in [0.25, 0.3) is 0 Å². The summed E-state index contributed by atoms with van der Waals surface area (Å²) in [5, 5.41) is 12.7. The van der Waals surface area contributed by atoms with Crippen LogP contribution in [0.5, 0.6) is 0 Å². The van der Waals surface area contributed by atoms with Crippen molar-refractivity contribution in [3.63, 3.8) is 0 Å². The van der Waals surface area contributed by atoms with Crippen LogP contribution in [0.15, 0.2) is 42.5 Å². The van der Waals surface area contributed by atoms with Crippen LogP contribution in [0, 0.1) is 5.82 Å². The van der Waals surface area contributed by atoms with Crippen molar-refractivity contribution in [3.8, 4) is 0 Å². The Morgan fingerprint density at radius 1 is 1.21 bits per heavy atom. The predicted molar refractivity (Wildman–Crippen MR) is 89.0 cm³/mol. The molecule has 2 aromatic carbocycles. The summed E-state index contributed by atoms with van der Waals surface area (Å²) in [7, 11) is 0. The number of amides is 1. The van der Waals surface area contributed by atoms with Gasteiger partial charge in [0, 0.05) is 21.5 Å². The van der Waals surface area contributed by atoms with E-state index in [9.17, 15) is 19.1 Å². The van der Waals surface area contributed by atoms with E-state index in [0.29, 0.717) is 21.5 Å². The van der Waals surface area contributed by atoms with Crippen LogP contribution in [0.1, 0.15) is 16.1 Å². The molecule has 3 aromatic rings. The number of carbonyl (C=O) groups excluding carboxylic acids is 1. The number of carboxylic acids is 1. The van der Waals surface area contributed by atoms with Crippen molar-refractivity contribution >= 4 is 40.1 Å². The first-order valence-electron chi connectivity index (χ1n) is 7.03. The first-order chi connectivity index (χ1) is 11.5. The highest BCUT2D eigenvalue weighted by Gasteiger charge is 2.20. The van der Waals surface area contributed by atoms with E-state index in [0.717, 1.165) is 0 Å². The molecule has 0 atom stereocenters. The summed E-state index contributed by atoms with van der Waals surface area (Å²) in [6.07, 6.45) is -0.226. The van der Waals surface area contributed by atoms with Gasteiger partial charge in [-0.25, -0.2) is 9.18 Å². The third-order valence-corrected chi connectivity index (χ3v) is 3.80. The molecule has 0 unspecified atom stereocenters. The number of benzene rings is 2. The maximum absolute atomic E-state index is 13.6. The molecule has 1 aromatic heterocycles. The average molecular weight is 347 g/mol. The SMILES string of the molecule is O=C(Cc1c(C(=O)O)[nH]c2ccc(Cl)cc12)Nc1ccccc1F. The predicted octanol–water partition coefficient (Wildman–Crippen LogP) is 3.84. The fraction of sp³-hybridized carbons (Fsp3) is 0.0588. The number of rotatable bonds is 4. The van der Waals surface area contributed by atoms with Crippen molar-refractivity contribution in [3.05, 3.63) is 64.6 Å². The number of hydrogen-bond donors (Lipinski definition) is 3. The first-order valence-corrected chi connectivity index (χ1v) is 7.41. The average Bonchev–Trinajstić information content (AvgIpc) is 2.88. The summed E-state index contributed by atoms with van der Waals surface area (Å²) in [6.45, 7) is 0. The van der Waals surface area contributed by atoms with Gasteiger partial charge in [-0.1, -0.05) is 23.7 Å². The van der Waals surface area contributed by atoms with Crippen LogP contribution < -0.4 is 5.32 Å². The van der Waals surface area contributed by atoms with Crippen molar-refractivity contribution in [1.29, 1.82) is 0 Å². The highest BCUT2D eigenvalue weighted by atomic mass is 35.5. The molecule has 0 aliphatic rings. The normalized spacial score (nSPS) is 10.8. The molecule has 122 valence electrons. The fourth-order valence-electron chi connectivity index (χ4n) is 2.50. The molecular weight excluding hydrogens is 335 g/mol. The van der Waals surface area contributed by atoms with E-state index in [-0.39, 0.29) is 17.8 Å². The van der Waals surface area contributed by atoms with E-state index < -0.39 is 17.7 Å². The van der Waals surface area contributed by atoms with Gasteiger partial charge in [-0.3, -0.25) is 4.79 Å². The van der Waals surface area contributed by atoms with Crippen LogP contribution in [-0.4, -0.2) is 22.0 Å². The zero-order chi connectivity index (χ0) is 17.3. The number of para-hydroxylation sites is 1. The minimum absolute atomic E-state index is 0.0391. The van der Waals surface area contributed by atoms with Crippen LogP contribution in [0.3, 0.4) is 0 Å². The number of fused-ring (bicyclic) bond motifs is 1. The molecule has 3 N–H and O–H groups in total. The Balaban J connectivity index is 1.95. The quantitative estimate of drug-likeness (QED) is 0.671. The lowest BCUT2D eigenvalue weighted by atomic mass is 10.1. The van der Waals surface area contributed by atoms with Gasteiger partial charge in [0.05, 0.1) is 12.1 Å². The van der Waals surface area contributed by atoms with E-state index in [1.54, 1.807) is 24.3 Å². The number of nitrogens with one attached hydrogen (secondary N) is 2. The molecule has 0 saturated carbocycles. The number of hydrogen-bond acceptors (Lipinski definition) is 2. The second-order valence-electron chi connectivity index (χ2n) is 5.18. The highest BCUT2D eigenvalue weighted by molar-refractivity contribution is 6.31. The molecule has 0 aliphatic heterocycles. The summed E-state index contributed by atoms with van der Waals surface area (Å²) >= 11 is 5.96. The Morgan fingerprint density at radius 3 is 2.67 bits per heavy atom. The molecule has 5 nitrogen and oxygen atoms in total. The van der Waals surface area contributed by atoms with Crippen LogP contribution >= 0.6 is 11.6 Å². The molecule has 0 radical (unpaired) electrons. The van der Waals surface area contributed by atoms with Gasteiger partial charge < -0.3 is 15.4 Å². The van der Waals surface area contributed by atoms with E-state index >= 15 is 0 Å². The standard InChI is InChI=1S/C17H12ClFN2O3/c18-9-5-6-13-10(7-9)11(16(21-13)17(23)24)8-15(22)20-14-4-2-1-3-12(14)19/h1-7,21H,8H2,(H,20,22)(H,23,24). The van der Waals surface area contributed by atoms with Crippen molar-refractivity contribution in [1.82, 2.24) is 4.98 Å². The Morgan fingerprint density at radius 2 is 1.96 bits per heavy atom. The Labute approximate surface area is 141 Å². The molecule has 24 heavy (non-hydrogen) atoms. The smallest absolute Gasteiger partial charge is 0.352 e. The van der Waals surface area contributed by atoms with Gasteiger partial charge in [-0.15, -0.1) is 0 Å². The van der Waals surface area contributed by atoms with Crippen molar-refractivity contribution < 1.29 is 19.1 Å². The van der Waals surface area contributed by atoms with Crippen molar-refractivity contribution in [2.24, 2.45) is 0 Å². The molecule has 7 heteroatoms. The molecule has 0 fully saturated rings. The van der Waals surface area contributed by atoms with E-state index in [1.165, 1.54) is 18.2 Å². The van der Waals surface area contributed by atoms with E-state index in [2.05, 4.69) is 10.3 Å². The lowest BCUT2D eigenvalue weighted by Crippen LogP contribution is -2.16. The number of carboxylic acid groups (broad SMARTS) is 1. The monoisotopic (exact) mass is 346 g/mol. The van der Waals surface area contributed by atoms with Gasteiger partial charge in [-0.2, -0.15) is 0 Å². The summed E-state index contributed by atoms with van der Waals surface area (Å²) < 4.78 is 13.6. The minimum atomic E-state index is -1.18. The maximum atomic E-state index is 13.6. The molecule has 1 amide bonds. The number of aromatic carboxylic acids is 1. The van der Waals surface area contributed by atoms with Crippen LogP contribution in [0.4, 0.5) is 10.1 Å². The number of H-pyrrole nitrogens is 1. The Kier molecular flexibility index (Phi) is 4.22. The van der Waals surface area contributed by atoms with Crippen LogP contribution in [-0.2, 0) is 11.2 Å². The molecule has 1 heterocycles. The number of anilines is 1. The summed E-state index contributed by atoms with van der Waals surface area (Å²) in [5.41, 5.74) is 0.813. The van der Waals surface area contributed by atoms with Crippen LogP contribution in [0.25, 0.3) is 10.9 Å². The third-order valence-electron chi connectivity index (χ3n) is 3.57. The van der Waals surface area contributed by atoms with Gasteiger partial charge in [-0.05, 0) is 30.3 Å². The zero-order valence-corrected chi connectivity index (χ0v) is 13.0. The Hall–Kier alpha value is -2.86. The second-order valence-corrected chi connectivity index (χ2v) is 5.61. The summed E-state index contributed by atoms with van der Waals surface area (Å²) in [4.78, 5) is 26.4. The number of carbonyl (C=O) groups is 2. The Bertz CT molecular complexity index is 952. The molecule has 0 aliphatic carbocycles. The number of aromatic nitrogens is 1. The van der Waals surface area contributed by atoms with Crippen molar-refractivity contribution in [2.75, 3.05) is 5.32 Å². The number of aromatic amines is 1. The fourth-order valence-corrected chi connectivity index (χ4v) is 2.68. The molecular formula is C17H12ClFN2O3. The van der Waals surface area contributed by atoms with Gasteiger partial charge in [0.1, 0.15) is 11.5 Å². The van der Waals surface area contributed by atoms with E-state index in [1.807, 2.05) is 0 Å². The topological polar surface area (TPSA) is 82.2 Å². The van der Waals surface area contributed by atoms with Gasteiger partial charge in [0.2, 0.25) is 5.91 Å². The van der Waals surface area contributed by atoms with Crippen molar-refractivity contribution in [2.45, 2.75) is 6.42 Å². The highest BCUT2D eigenvalue weighted by Crippen LogP contribution is 2.26. The van der Waals surface area contributed by atoms with E-state index in [4.69, 9.17) is 11.6 Å². The second kappa shape index (κ2) is 6.33. The minimum Gasteiger partial charge on any atom is -0.477 e. The summed E-state index contributed by atoms with van der Waals surface area (Å²) in [5.74, 6) is -2.27. The third kappa shape index (κ3) is 3.09. The van der Waals surface area contributed by atoms with Gasteiger partial charge >= 0.3 is 5.97 Å². The summed E-state index contributed by atoms with van der Waals surface area (Å²) in [6, 6.07) is 10.6. The zero-order valence-electron chi connectivity index (χ0n) is 12.3. The molecule has 3 rings (SSSR count). The van der Waals surface area contributed by atoms with Gasteiger partial charge in [0.15, 0.2) is 0 Å². The maximum Gasteiger partial charge on any atom is 0.352 e. The number of halogens is 2.